The molecule has 104 valence electrons. The number of carbonyl (C=O) groups excluding carboxylic acids is 1. The molecule has 0 saturated carbocycles. The van der Waals surface area contributed by atoms with Crippen molar-refractivity contribution in [2.24, 2.45) is 5.92 Å². The minimum Gasteiger partial charge on any atom is -0.492 e. The van der Waals surface area contributed by atoms with E-state index in [0.29, 0.717) is 23.8 Å². The van der Waals surface area contributed by atoms with E-state index in [1.807, 2.05) is 19.1 Å². The number of hydrogen-bond acceptors (Lipinski definition) is 4. The molecule has 0 unspecified atom stereocenters. The average Bonchev–Trinajstić information content (AvgIpc) is 2.46. The molecule has 4 nitrogen and oxygen atoms in total. The van der Waals surface area contributed by atoms with Gasteiger partial charge in [-0.2, -0.15) is 0 Å². The number of methoxy groups -OCH3 is 1. The van der Waals surface area contributed by atoms with Gasteiger partial charge in [-0.15, -0.1) is 0 Å². The maximum absolute atomic E-state index is 11.7. The molecule has 1 saturated heterocycles. The number of aryl methyl sites for hydroxylation is 1. The second-order valence-electron chi connectivity index (χ2n) is 4.86. The normalized spacial score (nSPS) is 16.1. The molecule has 0 N–H and O–H groups in total. The van der Waals surface area contributed by atoms with Crippen LogP contribution in [0.1, 0.15) is 28.8 Å². The Morgan fingerprint density at radius 3 is 2.79 bits per heavy atom. The monoisotopic (exact) mass is 264 g/mol. The molecule has 1 heterocycles. The van der Waals surface area contributed by atoms with Crippen LogP contribution in [0.3, 0.4) is 0 Å². The van der Waals surface area contributed by atoms with Crippen LogP contribution < -0.4 is 4.74 Å². The lowest BCUT2D eigenvalue weighted by atomic mass is 10.0. The summed E-state index contributed by atoms with van der Waals surface area (Å²) in [5.74, 6) is 0.746. The summed E-state index contributed by atoms with van der Waals surface area (Å²) in [7, 11) is 1.38. The van der Waals surface area contributed by atoms with Gasteiger partial charge >= 0.3 is 5.97 Å². The number of ether oxygens (including phenoxy) is 3. The van der Waals surface area contributed by atoms with Crippen molar-refractivity contribution in [3.8, 4) is 5.75 Å². The lowest BCUT2D eigenvalue weighted by Gasteiger charge is -2.22. The van der Waals surface area contributed by atoms with Crippen LogP contribution in [0.15, 0.2) is 18.2 Å². The van der Waals surface area contributed by atoms with Crippen LogP contribution in [-0.4, -0.2) is 32.9 Å². The van der Waals surface area contributed by atoms with Gasteiger partial charge in [-0.1, -0.05) is 11.6 Å². The molecule has 0 amide bonds. The Morgan fingerprint density at radius 1 is 1.37 bits per heavy atom. The predicted octanol–water partition coefficient (Wildman–Crippen LogP) is 2.59. The van der Waals surface area contributed by atoms with E-state index in [0.717, 1.165) is 31.6 Å². The lowest BCUT2D eigenvalue weighted by Crippen LogP contribution is -2.22. The minimum atomic E-state index is -0.356. The summed E-state index contributed by atoms with van der Waals surface area (Å²) in [6.07, 6.45) is 2.03. The van der Waals surface area contributed by atoms with Crippen molar-refractivity contribution in [3.63, 3.8) is 0 Å². The fourth-order valence-corrected chi connectivity index (χ4v) is 2.16. The Bertz CT molecular complexity index is 436. The molecule has 1 fully saturated rings. The second kappa shape index (κ2) is 6.57. The van der Waals surface area contributed by atoms with Gasteiger partial charge in [0.2, 0.25) is 0 Å². The van der Waals surface area contributed by atoms with Crippen LogP contribution in [0.4, 0.5) is 0 Å². The van der Waals surface area contributed by atoms with Crippen molar-refractivity contribution in [2.75, 3.05) is 26.9 Å². The quantitative estimate of drug-likeness (QED) is 0.784. The van der Waals surface area contributed by atoms with Crippen LogP contribution in [0.2, 0.25) is 0 Å². The SMILES string of the molecule is COC(=O)c1cc(C)ccc1OCC1CCOCC1. The highest BCUT2D eigenvalue weighted by atomic mass is 16.5. The van der Waals surface area contributed by atoms with Gasteiger partial charge in [-0.3, -0.25) is 0 Å². The third-order valence-electron chi connectivity index (χ3n) is 3.36. The highest BCUT2D eigenvalue weighted by molar-refractivity contribution is 5.92. The largest absolute Gasteiger partial charge is 0.492 e. The average molecular weight is 264 g/mol. The van der Waals surface area contributed by atoms with Crippen LogP contribution in [-0.2, 0) is 9.47 Å². The van der Waals surface area contributed by atoms with E-state index in [2.05, 4.69) is 0 Å². The smallest absolute Gasteiger partial charge is 0.341 e. The molecule has 2 rings (SSSR count). The van der Waals surface area contributed by atoms with E-state index in [-0.39, 0.29) is 5.97 Å². The van der Waals surface area contributed by atoms with Crippen LogP contribution in [0.25, 0.3) is 0 Å². The first-order chi connectivity index (χ1) is 9.20. The van der Waals surface area contributed by atoms with Crippen LogP contribution in [0.5, 0.6) is 5.75 Å². The summed E-state index contributed by atoms with van der Waals surface area (Å²) >= 11 is 0. The summed E-state index contributed by atoms with van der Waals surface area (Å²) in [6.45, 7) is 4.16. The predicted molar refractivity (Wildman–Crippen MR) is 71.6 cm³/mol. The van der Waals surface area contributed by atoms with Gasteiger partial charge in [-0.05, 0) is 37.8 Å². The van der Waals surface area contributed by atoms with Gasteiger partial charge in [0.15, 0.2) is 0 Å². The Morgan fingerprint density at radius 2 is 2.11 bits per heavy atom. The fraction of sp³-hybridized carbons (Fsp3) is 0.533. The molecule has 19 heavy (non-hydrogen) atoms. The number of benzene rings is 1. The zero-order valence-electron chi connectivity index (χ0n) is 11.5. The Hall–Kier alpha value is -1.55. The molecular weight excluding hydrogens is 244 g/mol. The summed E-state index contributed by atoms with van der Waals surface area (Å²) in [6, 6.07) is 5.57. The van der Waals surface area contributed by atoms with Crippen molar-refractivity contribution in [1.29, 1.82) is 0 Å². The zero-order valence-corrected chi connectivity index (χ0v) is 11.5. The van der Waals surface area contributed by atoms with E-state index in [4.69, 9.17) is 14.2 Å². The molecule has 0 bridgehead atoms. The molecule has 1 aliphatic rings. The van der Waals surface area contributed by atoms with Crippen molar-refractivity contribution < 1.29 is 19.0 Å². The molecule has 1 aromatic rings. The maximum atomic E-state index is 11.7. The third kappa shape index (κ3) is 3.70. The zero-order chi connectivity index (χ0) is 13.7. The molecule has 1 aromatic carbocycles. The van der Waals surface area contributed by atoms with Gasteiger partial charge in [0, 0.05) is 13.2 Å². The van der Waals surface area contributed by atoms with Crippen molar-refractivity contribution >= 4 is 5.97 Å². The van der Waals surface area contributed by atoms with E-state index in [1.54, 1.807) is 6.07 Å². The number of hydrogen-bond donors (Lipinski definition) is 0. The van der Waals surface area contributed by atoms with E-state index in [1.165, 1.54) is 7.11 Å². The molecule has 4 heteroatoms. The summed E-state index contributed by atoms with van der Waals surface area (Å²) in [5.41, 5.74) is 1.51. The Balaban J connectivity index is 2.04. The van der Waals surface area contributed by atoms with Gasteiger partial charge < -0.3 is 14.2 Å². The van der Waals surface area contributed by atoms with Crippen molar-refractivity contribution in [2.45, 2.75) is 19.8 Å². The standard InChI is InChI=1S/C15H20O4/c1-11-3-4-14(13(9-11)15(16)17-2)19-10-12-5-7-18-8-6-12/h3-4,9,12H,5-8,10H2,1-2H3. The molecule has 0 spiro atoms. The van der Waals surface area contributed by atoms with Crippen molar-refractivity contribution in [3.05, 3.63) is 29.3 Å². The highest BCUT2D eigenvalue weighted by Crippen LogP contribution is 2.23. The topological polar surface area (TPSA) is 44.8 Å². The number of rotatable bonds is 4. The van der Waals surface area contributed by atoms with Crippen molar-refractivity contribution in [1.82, 2.24) is 0 Å². The van der Waals surface area contributed by atoms with E-state index >= 15 is 0 Å². The van der Waals surface area contributed by atoms with Crippen LogP contribution in [0, 0.1) is 12.8 Å². The lowest BCUT2D eigenvalue weighted by molar-refractivity contribution is 0.0483. The molecule has 0 aromatic heterocycles. The van der Waals surface area contributed by atoms with Crippen LogP contribution >= 0.6 is 0 Å². The second-order valence-corrected chi connectivity index (χ2v) is 4.86. The number of carbonyl (C=O) groups is 1. The first kappa shape index (κ1) is 13.9. The summed E-state index contributed by atoms with van der Waals surface area (Å²) < 4.78 is 15.9. The maximum Gasteiger partial charge on any atom is 0.341 e. The van der Waals surface area contributed by atoms with Gasteiger partial charge in [0.1, 0.15) is 11.3 Å². The Labute approximate surface area is 113 Å². The highest BCUT2D eigenvalue weighted by Gasteiger charge is 2.17. The third-order valence-corrected chi connectivity index (χ3v) is 3.36. The molecule has 0 atom stereocenters. The summed E-state index contributed by atoms with van der Waals surface area (Å²) in [5, 5.41) is 0. The van der Waals surface area contributed by atoms with Gasteiger partial charge in [-0.25, -0.2) is 4.79 Å². The number of esters is 1. The first-order valence-electron chi connectivity index (χ1n) is 6.60. The fourth-order valence-electron chi connectivity index (χ4n) is 2.16. The molecule has 0 aliphatic carbocycles. The van der Waals surface area contributed by atoms with E-state index < -0.39 is 0 Å². The van der Waals surface area contributed by atoms with Gasteiger partial charge in [0.05, 0.1) is 13.7 Å². The van der Waals surface area contributed by atoms with Gasteiger partial charge in [0.25, 0.3) is 0 Å². The minimum absolute atomic E-state index is 0.356. The summed E-state index contributed by atoms with van der Waals surface area (Å²) in [4.78, 5) is 11.7. The molecular formula is C15H20O4. The first-order valence-corrected chi connectivity index (χ1v) is 6.60. The Kier molecular flexibility index (Phi) is 4.80. The molecule has 1 aliphatic heterocycles. The van der Waals surface area contributed by atoms with E-state index in [9.17, 15) is 4.79 Å². The molecule has 0 radical (unpaired) electrons.